The first-order chi connectivity index (χ1) is 9.65. The SMILES string of the molecule is Cc1ccc(N)cc1C(=O)NC1CCCc2sccc21.Cl. The zero-order valence-electron chi connectivity index (χ0n) is 11.9. The average molecular weight is 323 g/mol. The highest BCUT2D eigenvalue weighted by Gasteiger charge is 2.23. The number of aryl methyl sites for hydroxylation is 2. The van der Waals surface area contributed by atoms with Gasteiger partial charge in [-0.25, -0.2) is 0 Å². The number of hydrogen-bond donors (Lipinski definition) is 2. The van der Waals surface area contributed by atoms with Crippen LogP contribution in [0.25, 0.3) is 0 Å². The molecule has 1 aliphatic rings. The van der Waals surface area contributed by atoms with Crippen molar-refractivity contribution in [3.05, 3.63) is 51.2 Å². The Balaban J connectivity index is 0.00000161. The molecule has 1 aromatic carbocycles. The predicted molar refractivity (Wildman–Crippen MR) is 90.3 cm³/mol. The smallest absolute Gasteiger partial charge is 0.252 e. The summed E-state index contributed by atoms with van der Waals surface area (Å²) in [5.41, 5.74) is 9.32. The lowest BCUT2D eigenvalue weighted by Gasteiger charge is -2.24. The summed E-state index contributed by atoms with van der Waals surface area (Å²) in [6.07, 6.45) is 3.28. The first-order valence-corrected chi connectivity index (χ1v) is 7.76. The Morgan fingerprint density at radius 1 is 1.38 bits per heavy atom. The maximum Gasteiger partial charge on any atom is 0.252 e. The van der Waals surface area contributed by atoms with Crippen LogP contribution in [0.3, 0.4) is 0 Å². The second-order valence-electron chi connectivity index (χ2n) is 5.29. The van der Waals surface area contributed by atoms with Gasteiger partial charge in [-0.05, 0) is 60.9 Å². The molecule has 1 aromatic heterocycles. The molecule has 0 saturated heterocycles. The van der Waals surface area contributed by atoms with Crippen LogP contribution in [-0.2, 0) is 6.42 Å². The molecule has 1 aliphatic carbocycles. The monoisotopic (exact) mass is 322 g/mol. The van der Waals surface area contributed by atoms with Crippen LogP contribution in [0, 0.1) is 6.92 Å². The number of nitrogen functional groups attached to an aromatic ring is 1. The quantitative estimate of drug-likeness (QED) is 0.825. The molecule has 3 N–H and O–H groups in total. The van der Waals surface area contributed by atoms with Crippen molar-refractivity contribution in [2.24, 2.45) is 0 Å². The molecule has 0 fully saturated rings. The van der Waals surface area contributed by atoms with Crippen LogP contribution >= 0.6 is 23.7 Å². The van der Waals surface area contributed by atoms with Gasteiger partial charge in [0.15, 0.2) is 0 Å². The summed E-state index contributed by atoms with van der Waals surface area (Å²) in [6.45, 7) is 1.94. The number of benzene rings is 1. The van der Waals surface area contributed by atoms with Crippen molar-refractivity contribution in [1.29, 1.82) is 0 Å². The van der Waals surface area contributed by atoms with Gasteiger partial charge in [0.1, 0.15) is 0 Å². The van der Waals surface area contributed by atoms with Gasteiger partial charge in [0.2, 0.25) is 0 Å². The highest BCUT2D eigenvalue weighted by atomic mass is 35.5. The van der Waals surface area contributed by atoms with Crippen LogP contribution in [0.4, 0.5) is 5.69 Å². The van der Waals surface area contributed by atoms with E-state index < -0.39 is 0 Å². The van der Waals surface area contributed by atoms with Crippen LogP contribution in [0.5, 0.6) is 0 Å². The van der Waals surface area contributed by atoms with Crippen molar-refractivity contribution < 1.29 is 4.79 Å². The molecule has 1 atom stereocenters. The number of nitrogens with two attached hydrogens (primary N) is 1. The summed E-state index contributed by atoms with van der Waals surface area (Å²) in [5, 5.41) is 5.27. The van der Waals surface area contributed by atoms with Crippen molar-refractivity contribution in [3.8, 4) is 0 Å². The number of rotatable bonds is 2. The van der Waals surface area contributed by atoms with Gasteiger partial charge < -0.3 is 11.1 Å². The maximum atomic E-state index is 12.5. The fourth-order valence-corrected chi connectivity index (χ4v) is 3.74. The van der Waals surface area contributed by atoms with E-state index in [0.29, 0.717) is 11.3 Å². The van der Waals surface area contributed by atoms with E-state index >= 15 is 0 Å². The Morgan fingerprint density at radius 2 is 2.19 bits per heavy atom. The van der Waals surface area contributed by atoms with E-state index in [0.717, 1.165) is 24.8 Å². The summed E-state index contributed by atoms with van der Waals surface area (Å²) in [4.78, 5) is 13.9. The number of halogens is 1. The molecule has 5 heteroatoms. The van der Waals surface area contributed by atoms with Crippen LogP contribution in [-0.4, -0.2) is 5.91 Å². The van der Waals surface area contributed by atoms with E-state index in [-0.39, 0.29) is 24.4 Å². The van der Waals surface area contributed by atoms with Crippen molar-refractivity contribution in [2.45, 2.75) is 32.2 Å². The van der Waals surface area contributed by atoms with Crippen molar-refractivity contribution in [3.63, 3.8) is 0 Å². The molecule has 3 nitrogen and oxygen atoms in total. The molecule has 0 aliphatic heterocycles. The molecular formula is C16H19ClN2OS. The minimum atomic E-state index is -0.0288. The molecule has 3 rings (SSSR count). The normalized spacial score (nSPS) is 16.7. The van der Waals surface area contributed by atoms with Gasteiger partial charge in [-0.1, -0.05) is 6.07 Å². The lowest BCUT2D eigenvalue weighted by molar-refractivity contribution is 0.0932. The van der Waals surface area contributed by atoms with E-state index in [9.17, 15) is 4.79 Å². The van der Waals surface area contributed by atoms with E-state index in [1.807, 2.05) is 19.1 Å². The van der Waals surface area contributed by atoms with Crippen molar-refractivity contribution >= 4 is 35.3 Å². The Labute approximate surface area is 135 Å². The number of fused-ring (bicyclic) bond motifs is 1. The van der Waals surface area contributed by atoms with Crippen LogP contribution in [0.2, 0.25) is 0 Å². The van der Waals surface area contributed by atoms with Gasteiger partial charge in [-0.15, -0.1) is 23.7 Å². The number of carbonyl (C=O) groups is 1. The van der Waals surface area contributed by atoms with Crippen LogP contribution < -0.4 is 11.1 Å². The Morgan fingerprint density at radius 3 is 3.00 bits per heavy atom. The summed E-state index contributed by atoms with van der Waals surface area (Å²) in [5.74, 6) is -0.0288. The molecule has 0 radical (unpaired) electrons. The van der Waals surface area contributed by atoms with Crippen LogP contribution in [0.15, 0.2) is 29.6 Å². The molecule has 1 heterocycles. The van der Waals surface area contributed by atoms with Gasteiger partial charge >= 0.3 is 0 Å². The number of nitrogens with one attached hydrogen (secondary N) is 1. The van der Waals surface area contributed by atoms with E-state index in [1.165, 1.54) is 10.4 Å². The topological polar surface area (TPSA) is 55.1 Å². The number of thiophene rings is 1. The summed E-state index contributed by atoms with van der Waals surface area (Å²) in [6, 6.07) is 7.74. The van der Waals surface area contributed by atoms with Gasteiger partial charge in [0.05, 0.1) is 6.04 Å². The summed E-state index contributed by atoms with van der Waals surface area (Å²) in [7, 11) is 0. The molecule has 1 unspecified atom stereocenters. The van der Waals surface area contributed by atoms with Gasteiger partial charge in [0, 0.05) is 16.1 Å². The fraction of sp³-hybridized carbons (Fsp3) is 0.312. The van der Waals surface area contributed by atoms with Gasteiger partial charge in [-0.2, -0.15) is 0 Å². The first kappa shape index (κ1) is 15.9. The molecule has 1 amide bonds. The predicted octanol–water partition coefficient (Wildman–Crippen LogP) is 3.87. The van der Waals surface area contributed by atoms with Gasteiger partial charge in [-0.3, -0.25) is 4.79 Å². The molecule has 21 heavy (non-hydrogen) atoms. The largest absolute Gasteiger partial charge is 0.399 e. The van der Waals surface area contributed by atoms with E-state index in [1.54, 1.807) is 17.4 Å². The van der Waals surface area contributed by atoms with E-state index in [4.69, 9.17) is 5.73 Å². The zero-order chi connectivity index (χ0) is 14.1. The lowest BCUT2D eigenvalue weighted by Crippen LogP contribution is -2.30. The number of hydrogen-bond acceptors (Lipinski definition) is 3. The third-order valence-electron chi connectivity index (χ3n) is 3.86. The molecular weight excluding hydrogens is 304 g/mol. The highest BCUT2D eigenvalue weighted by Crippen LogP contribution is 2.33. The highest BCUT2D eigenvalue weighted by molar-refractivity contribution is 7.10. The third kappa shape index (κ3) is 3.22. The minimum absolute atomic E-state index is 0. The van der Waals surface area contributed by atoms with Crippen molar-refractivity contribution in [1.82, 2.24) is 5.32 Å². The number of amides is 1. The average Bonchev–Trinajstić information content (AvgIpc) is 2.91. The fourth-order valence-electron chi connectivity index (χ4n) is 2.76. The second kappa shape index (κ2) is 6.50. The van der Waals surface area contributed by atoms with E-state index in [2.05, 4.69) is 16.8 Å². The van der Waals surface area contributed by atoms with Gasteiger partial charge in [0.25, 0.3) is 5.91 Å². The Hall–Kier alpha value is -1.52. The number of carbonyl (C=O) groups excluding carboxylic acids is 1. The summed E-state index contributed by atoms with van der Waals surface area (Å²) < 4.78 is 0. The first-order valence-electron chi connectivity index (χ1n) is 6.88. The number of anilines is 1. The molecule has 0 bridgehead atoms. The Kier molecular flexibility index (Phi) is 4.91. The zero-order valence-corrected chi connectivity index (χ0v) is 13.5. The summed E-state index contributed by atoms with van der Waals surface area (Å²) >= 11 is 1.79. The molecule has 112 valence electrons. The third-order valence-corrected chi connectivity index (χ3v) is 4.86. The van der Waals surface area contributed by atoms with Crippen molar-refractivity contribution in [2.75, 3.05) is 5.73 Å². The Bertz CT molecular complexity index is 653. The van der Waals surface area contributed by atoms with Crippen LogP contribution in [0.1, 0.15) is 45.2 Å². The second-order valence-corrected chi connectivity index (χ2v) is 6.29. The molecule has 2 aromatic rings. The standard InChI is InChI=1S/C16H18N2OS.ClH/c1-10-5-6-11(17)9-13(10)16(19)18-14-3-2-4-15-12(14)7-8-20-15;/h5-9,14H,2-4,17H2,1H3,(H,18,19);1H. The molecule has 0 spiro atoms. The minimum Gasteiger partial charge on any atom is -0.399 e. The maximum absolute atomic E-state index is 12.5. The molecule has 0 saturated carbocycles. The lowest BCUT2D eigenvalue weighted by atomic mass is 9.93.